The molecule has 0 radical (unpaired) electrons. The average Bonchev–Trinajstić information content (AvgIpc) is 2.21. The summed E-state index contributed by atoms with van der Waals surface area (Å²) >= 11 is 0. The summed E-state index contributed by atoms with van der Waals surface area (Å²) < 4.78 is 58.0. The molecular weight excluding hydrogens is 244 g/mol. The van der Waals surface area contributed by atoms with Crippen LogP contribution in [0.15, 0.2) is 0 Å². The van der Waals surface area contributed by atoms with Crippen molar-refractivity contribution in [3.8, 4) is 0 Å². The number of alkyl halides is 4. The number of carbonyl (C=O) groups is 1. The first-order valence-electron chi connectivity index (χ1n) is 5.18. The van der Waals surface area contributed by atoms with Gasteiger partial charge in [0.25, 0.3) is 0 Å². The fourth-order valence-electron chi connectivity index (χ4n) is 0.748. The van der Waals surface area contributed by atoms with Crippen molar-refractivity contribution < 1.29 is 31.8 Å². The minimum Gasteiger partial charge on any atom is -0.463 e. The van der Waals surface area contributed by atoms with Crippen molar-refractivity contribution >= 4 is 5.97 Å². The van der Waals surface area contributed by atoms with Crippen LogP contribution in [0.1, 0.15) is 27.2 Å². The third-order valence-electron chi connectivity index (χ3n) is 2.14. The molecule has 0 heterocycles. The summed E-state index contributed by atoms with van der Waals surface area (Å²) in [5.41, 5.74) is 0. The number of esters is 1. The molecule has 0 aliphatic heterocycles. The first-order chi connectivity index (χ1) is 7.62. The zero-order valence-electron chi connectivity index (χ0n) is 9.94. The van der Waals surface area contributed by atoms with Gasteiger partial charge < -0.3 is 9.47 Å². The molecule has 0 spiro atoms. The molecular formula is C10H16F4O3. The SMILES string of the molecule is CCC(C)C(=O)OCCOC(F)(F)C(C)(F)F. The van der Waals surface area contributed by atoms with Gasteiger partial charge in [-0.25, -0.2) is 0 Å². The molecule has 7 heteroatoms. The van der Waals surface area contributed by atoms with E-state index in [9.17, 15) is 22.4 Å². The molecule has 0 saturated heterocycles. The lowest BCUT2D eigenvalue weighted by Crippen LogP contribution is -2.41. The van der Waals surface area contributed by atoms with E-state index in [1.807, 2.05) is 0 Å². The second-order valence-corrected chi connectivity index (χ2v) is 3.73. The van der Waals surface area contributed by atoms with Crippen LogP contribution < -0.4 is 0 Å². The molecule has 17 heavy (non-hydrogen) atoms. The van der Waals surface area contributed by atoms with Crippen LogP contribution in [0.4, 0.5) is 17.6 Å². The van der Waals surface area contributed by atoms with Gasteiger partial charge in [0.15, 0.2) is 0 Å². The van der Waals surface area contributed by atoms with Gasteiger partial charge in [-0.1, -0.05) is 13.8 Å². The molecule has 0 aromatic rings. The van der Waals surface area contributed by atoms with E-state index in [0.29, 0.717) is 6.42 Å². The molecule has 0 bridgehead atoms. The largest absolute Gasteiger partial charge is 0.463 e. The van der Waals surface area contributed by atoms with Crippen molar-refractivity contribution in [1.82, 2.24) is 0 Å². The third kappa shape index (κ3) is 5.34. The highest BCUT2D eigenvalue weighted by Crippen LogP contribution is 2.34. The van der Waals surface area contributed by atoms with Crippen LogP contribution in [-0.2, 0) is 14.3 Å². The molecule has 0 N–H and O–H groups in total. The summed E-state index contributed by atoms with van der Waals surface area (Å²) in [6.45, 7) is 2.16. The van der Waals surface area contributed by atoms with Gasteiger partial charge in [0.1, 0.15) is 6.61 Å². The normalized spacial score (nSPS) is 14.5. The van der Waals surface area contributed by atoms with Gasteiger partial charge in [-0.2, -0.15) is 17.6 Å². The van der Waals surface area contributed by atoms with Gasteiger partial charge in [0.2, 0.25) is 0 Å². The Balaban J connectivity index is 3.90. The monoisotopic (exact) mass is 260 g/mol. The maximum atomic E-state index is 12.6. The smallest absolute Gasteiger partial charge is 0.419 e. The summed E-state index contributed by atoms with van der Waals surface area (Å²) in [4.78, 5) is 11.1. The first-order valence-corrected chi connectivity index (χ1v) is 5.18. The van der Waals surface area contributed by atoms with Crippen LogP contribution in [0.3, 0.4) is 0 Å². The molecule has 0 rings (SSSR count). The number of carbonyl (C=O) groups excluding carboxylic acids is 1. The molecule has 0 saturated carbocycles. The minimum absolute atomic E-state index is 0.0537. The second-order valence-electron chi connectivity index (χ2n) is 3.73. The highest BCUT2D eigenvalue weighted by atomic mass is 19.3. The van der Waals surface area contributed by atoms with Crippen LogP contribution in [0.2, 0.25) is 0 Å². The van der Waals surface area contributed by atoms with Crippen molar-refractivity contribution in [2.75, 3.05) is 13.2 Å². The number of hydrogen-bond acceptors (Lipinski definition) is 3. The van der Waals surface area contributed by atoms with Crippen LogP contribution in [0.25, 0.3) is 0 Å². The predicted molar refractivity (Wildman–Crippen MR) is 51.9 cm³/mol. The molecule has 1 atom stereocenters. The summed E-state index contributed by atoms with van der Waals surface area (Å²) in [6.07, 6.45) is -4.02. The van der Waals surface area contributed by atoms with E-state index in [1.165, 1.54) is 0 Å². The summed E-state index contributed by atoms with van der Waals surface area (Å²) in [5, 5.41) is 0. The quantitative estimate of drug-likeness (QED) is 0.401. The van der Waals surface area contributed by atoms with E-state index in [2.05, 4.69) is 9.47 Å². The first kappa shape index (κ1) is 16.1. The Morgan fingerprint density at radius 1 is 1.24 bits per heavy atom. The number of halogens is 4. The maximum absolute atomic E-state index is 12.6. The maximum Gasteiger partial charge on any atom is 0.419 e. The van der Waals surface area contributed by atoms with Crippen molar-refractivity contribution in [3.05, 3.63) is 0 Å². The average molecular weight is 260 g/mol. The Labute approximate surface area is 97.1 Å². The second kappa shape index (κ2) is 6.18. The van der Waals surface area contributed by atoms with E-state index in [-0.39, 0.29) is 12.8 Å². The van der Waals surface area contributed by atoms with E-state index in [0.717, 1.165) is 0 Å². The topological polar surface area (TPSA) is 35.5 Å². The molecule has 0 aliphatic rings. The van der Waals surface area contributed by atoms with Gasteiger partial charge in [-0.05, 0) is 6.42 Å². The van der Waals surface area contributed by atoms with Gasteiger partial charge in [-0.3, -0.25) is 4.79 Å². The Bertz CT molecular complexity index is 250. The van der Waals surface area contributed by atoms with Gasteiger partial charge in [0, 0.05) is 6.92 Å². The van der Waals surface area contributed by atoms with E-state index in [1.54, 1.807) is 13.8 Å². The van der Waals surface area contributed by atoms with E-state index in [4.69, 9.17) is 0 Å². The fraction of sp³-hybridized carbons (Fsp3) is 0.900. The number of hydrogen-bond donors (Lipinski definition) is 0. The van der Waals surface area contributed by atoms with Crippen molar-refractivity contribution in [1.29, 1.82) is 0 Å². The predicted octanol–water partition coefficient (Wildman–Crippen LogP) is 2.84. The lowest BCUT2D eigenvalue weighted by molar-refractivity contribution is -0.342. The van der Waals surface area contributed by atoms with Gasteiger partial charge >= 0.3 is 18.0 Å². The molecule has 3 nitrogen and oxygen atoms in total. The molecule has 0 aliphatic carbocycles. The lowest BCUT2D eigenvalue weighted by atomic mass is 10.1. The molecule has 0 aromatic heterocycles. The zero-order chi connectivity index (χ0) is 13.7. The molecule has 1 unspecified atom stereocenters. The van der Waals surface area contributed by atoms with E-state index < -0.39 is 31.2 Å². The highest BCUT2D eigenvalue weighted by molar-refractivity contribution is 5.71. The standard InChI is InChI=1S/C10H16F4O3/c1-4-7(2)8(15)16-5-6-17-10(13,14)9(3,11)12/h7H,4-6H2,1-3H3. The Hall–Kier alpha value is -0.850. The van der Waals surface area contributed by atoms with Crippen LogP contribution in [0.5, 0.6) is 0 Å². The molecule has 102 valence electrons. The Morgan fingerprint density at radius 3 is 2.18 bits per heavy atom. The van der Waals surface area contributed by atoms with Crippen LogP contribution in [0, 0.1) is 5.92 Å². The van der Waals surface area contributed by atoms with Gasteiger partial charge in [0.05, 0.1) is 12.5 Å². The zero-order valence-corrected chi connectivity index (χ0v) is 9.94. The van der Waals surface area contributed by atoms with Crippen LogP contribution >= 0.6 is 0 Å². The minimum atomic E-state index is -4.56. The summed E-state index contributed by atoms with van der Waals surface area (Å²) in [7, 11) is 0. The van der Waals surface area contributed by atoms with Crippen molar-refractivity contribution in [2.24, 2.45) is 5.92 Å². The molecule has 0 amide bonds. The van der Waals surface area contributed by atoms with E-state index >= 15 is 0 Å². The van der Waals surface area contributed by atoms with Gasteiger partial charge in [-0.15, -0.1) is 0 Å². The van der Waals surface area contributed by atoms with Crippen LogP contribution in [-0.4, -0.2) is 31.2 Å². The highest BCUT2D eigenvalue weighted by Gasteiger charge is 2.53. The lowest BCUT2D eigenvalue weighted by Gasteiger charge is -2.22. The van der Waals surface area contributed by atoms with Crippen molar-refractivity contribution in [2.45, 2.75) is 39.2 Å². The third-order valence-corrected chi connectivity index (χ3v) is 2.14. The summed E-state index contributed by atoms with van der Waals surface area (Å²) in [6, 6.07) is 0. The molecule has 0 fully saturated rings. The Kier molecular flexibility index (Phi) is 5.87. The number of ether oxygens (including phenoxy) is 2. The number of rotatable bonds is 7. The fourth-order valence-corrected chi connectivity index (χ4v) is 0.748. The molecule has 0 aromatic carbocycles. The Morgan fingerprint density at radius 2 is 1.76 bits per heavy atom. The van der Waals surface area contributed by atoms with Crippen molar-refractivity contribution in [3.63, 3.8) is 0 Å². The summed E-state index contributed by atoms with van der Waals surface area (Å²) in [5.74, 6) is -5.20.